The van der Waals surface area contributed by atoms with Crippen molar-refractivity contribution in [1.82, 2.24) is 15.5 Å². The molecule has 2 N–H and O–H groups in total. The number of rotatable bonds is 5. The lowest BCUT2D eigenvalue weighted by molar-refractivity contribution is 0.112. The van der Waals surface area contributed by atoms with Gasteiger partial charge in [-0.1, -0.05) is 24.3 Å². The maximum Gasteiger partial charge on any atom is 0.191 e. The molecular weight excluding hydrogens is 399 g/mol. The molecule has 0 atom stereocenters. The number of hydrogen-bond donors (Lipinski definition) is 2. The quantitative estimate of drug-likeness (QED) is 0.429. The second kappa shape index (κ2) is 9.47. The zero-order chi connectivity index (χ0) is 16.0. The van der Waals surface area contributed by atoms with E-state index in [1.54, 1.807) is 0 Å². The first-order valence-electron chi connectivity index (χ1n) is 8.41. The van der Waals surface area contributed by atoms with Gasteiger partial charge >= 0.3 is 0 Å². The second-order valence-electron chi connectivity index (χ2n) is 6.48. The molecular formula is C18H31IN4. The monoisotopic (exact) mass is 430 g/mol. The third-order valence-corrected chi connectivity index (χ3v) is 4.30. The molecule has 1 aromatic rings. The Morgan fingerprint density at radius 2 is 1.74 bits per heavy atom. The Labute approximate surface area is 158 Å². The smallest absolute Gasteiger partial charge is 0.191 e. The van der Waals surface area contributed by atoms with Crippen LogP contribution in [0.25, 0.3) is 0 Å². The van der Waals surface area contributed by atoms with E-state index in [9.17, 15) is 0 Å². The van der Waals surface area contributed by atoms with Crippen LogP contribution in [0.1, 0.15) is 38.8 Å². The van der Waals surface area contributed by atoms with Crippen LogP contribution in [0, 0.1) is 0 Å². The summed E-state index contributed by atoms with van der Waals surface area (Å²) in [5, 5.41) is 6.59. The molecule has 5 heteroatoms. The molecule has 0 fully saturated rings. The van der Waals surface area contributed by atoms with Gasteiger partial charge in [0.1, 0.15) is 0 Å². The van der Waals surface area contributed by atoms with Gasteiger partial charge in [-0.25, -0.2) is 0 Å². The number of hydrogen-bond acceptors (Lipinski definition) is 2. The van der Waals surface area contributed by atoms with Crippen LogP contribution in [-0.4, -0.2) is 42.6 Å². The fourth-order valence-corrected chi connectivity index (χ4v) is 2.89. The molecule has 0 saturated heterocycles. The van der Waals surface area contributed by atoms with Gasteiger partial charge in [0, 0.05) is 31.7 Å². The fraction of sp³-hybridized carbons (Fsp3) is 0.611. The first-order chi connectivity index (χ1) is 10.6. The topological polar surface area (TPSA) is 39.7 Å². The summed E-state index contributed by atoms with van der Waals surface area (Å²) in [7, 11) is 0. The second-order valence-corrected chi connectivity index (χ2v) is 6.48. The molecule has 1 aliphatic rings. The zero-order valence-corrected chi connectivity index (χ0v) is 17.2. The predicted octanol–water partition coefficient (Wildman–Crippen LogP) is 3.02. The maximum atomic E-state index is 4.76. The molecule has 0 unspecified atom stereocenters. The van der Waals surface area contributed by atoms with Crippen LogP contribution >= 0.6 is 24.0 Å². The minimum Gasteiger partial charge on any atom is -0.357 e. The average molecular weight is 430 g/mol. The summed E-state index contributed by atoms with van der Waals surface area (Å²) in [6.45, 7) is 13.5. The van der Waals surface area contributed by atoms with Gasteiger partial charge in [-0.05, 0) is 45.2 Å². The van der Waals surface area contributed by atoms with Crippen molar-refractivity contribution in [2.24, 2.45) is 4.99 Å². The Morgan fingerprint density at radius 1 is 1.13 bits per heavy atom. The highest BCUT2D eigenvalue weighted by Crippen LogP contribution is 2.25. The van der Waals surface area contributed by atoms with Gasteiger partial charge in [-0.3, -0.25) is 9.89 Å². The van der Waals surface area contributed by atoms with Gasteiger partial charge in [-0.15, -0.1) is 24.0 Å². The van der Waals surface area contributed by atoms with Gasteiger partial charge in [0.05, 0.1) is 6.54 Å². The largest absolute Gasteiger partial charge is 0.357 e. The molecule has 4 nitrogen and oxygen atoms in total. The van der Waals surface area contributed by atoms with Crippen molar-refractivity contribution in [3.05, 3.63) is 35.4 Å². The minimum atomic E-state index is 0. The first kappa shape index (κ1) is 20.2. The van der Waals surface area contributed by atoms with Crippen molar-refractivity contribution in [3.63, 3.8) is 0 Å². The molecule has 1 heterocycles. The first-order valence-corrected chi connectivity index (χ1v) is 8.41. The van der Waals surface area contributed by atoms with Crippen LogP contribution in [0.4, 0.5) is 0 Å². The van der Waals surface area contributed by atoms with E-state index in [2.05, 4.69) is 67.5 Å². The third kappa shape index (κ3) is 5.64. The van der Waals surface area contributed by atoms with Crippen LogP contribution in [0.5, 0.6) is 0 Å². The molecule has 1 aromatic carbocycles. The van der Waals surface area contributed by atoms with Crippen LogP contribution in [0.3, 0.4) is 0 Å². The van der Waals surface area contributed by atoms with Crippen molar-refractivity contribution >= 4 is 29.9 Å². The molecule has 0 bridgehead atoms. The fourth-order valence-electron chi connectivity index (χ4n) is 2.89. The molecule has 23 heavy (non-hydrogen) atoms. The van der Waals surface area contributed by atoms with Crippen molar-refractivity contribution < 1.29 is 0 Å². The number of halogens is 1. The third-order valence-electron chi connectivity index (χ3n) is 4.30. The number of aliphatic imine (C=N–C) groups is 1. The summed E-state index contributed by atoms with van der Waals surface area (Å²) in [6, 6.07) is 8.79. The van der Waals surface area contributed by atoms with Gasteiger partial charge in [-0.2, -0.15) is 0 Å². The SMILES string of the molecule is CCNC(=NCC(C)(C)N1CCc2ccccc2C1)NCC.I. The van der Waals surface area contributed by atoms with E-state index < -0.39 is 0 Å². The highest BCUT2D eigenvalue weighted by atomic mass is 127. The number of fused-ring (bicyclic) bond motifs is 1. The van der Waals surface area contributed by atoms with E-state index in [-0.39, 0.29) is 29.5 Å². The number of benzene rings is 1. The van der Waals surface area contributed by atoms with Crippen LogP contribution in [0.15, 0.2) is 29.3 Å². The summed E-state index contributed by atoms with van der Waals surface area (Å²) < 4.78 is 0. The summed E-state index contributed by atoms with van der Waals surface area (Å²) >= 11 is 0. The standard InChI is InChI=1S/C18H30N4.HI/c1-5-19-17(20-6-2)21-14-18(3,4)22-12-11-15-9-7-8-10-16(15)13-22;/h7-10H,5-6,11-14H2,1-4H3,(H2,19,20,21);1H. The average Bonchev–Trinajstić information content (AvgIpc) is 2.52. The van der Waals surface area contributed by atoms with Gasteiger partial charge < -0.3 is 10.6 Å². The van der Waals surface area contributed by atoms with E-state index in [1.165, 1.54) is 11.1 Å². The number of nitrogens with one attached hydrogen (secondary N) is 2. The van der Waals surface area contributed by atoms with Crippen LogP contribution in [-0.2, 0) is 13.0 Å². The molecule has 0 aromatic heterocycles. The summed E-state index contributed by atoms with van der Waals surface area (Å²) in [4.78, 5) is 7.31. The van der Waals surface area contributed by atoms with E-state index in [0.717, 1.165) is 45.1 Å². The molecule has 130 valence electrons. The van der Waals surface area contributed by atoms with E-state index in [1.807, 2.05) is 0 Å². The Hall–Kier alpha value is -0.820. The number of guanidine groups is 1. The summed E-state index contributed by atoms with van der Waals surface area (Å²) in [5.41, 5.74) is 3.02. The molecule has 2 rings (SSSR count). The maximum absolute atomic E-state index is 4.76. The molecule has 0 spiro atoms. The van der Waals surface area contributed by atoms with Crippen molar-refractivity contribution in [2.75, 3.05) is 26.2 Å². The van der Waals surface area contributed by atoms with Crippen LogP contribution < -0.4 is 10.6 Å². The van der Waals surface area contributed by atoms with Crippen molar-refractivity contribution in [2.45, 2.75) is 46.2 Å². The highest BCUT2D eigenvalue weighted by molar-refractivity contribution is 14.0. The minimum absolute atomic E-state index is 0. The van der Waals surface area contributed by atoms with Gasteiger partial charge in [0.15, 0.2) is 5.96 Å². The van der Waals surface area contributed by atoms with Crippen LogP contribution in [0.2, 0.25) is 0 Å². The lowest BCUT2D eigenvalue weighted by Crippen LogP contribution is -2.49. The number of nitrogens with zero attached hydrogens (tertiary/aromatic N) is 2. The Bertz CT molecular complexity index is 505. The Kier molecular flexibility index (Phi) is 8.33. The lowest BCUT2D eigenvalue weighted by Gasteiger charge is -2.40. The van der Waals surface area contributed by atoms with Crippen molar-refractivity contribution in [3.8, 4) is 0 Å². The summed E-state index contributed by atoms with van der Waals surface area (Å²) in [6.07, 6.45) is 1.14. The molecule has 0 aliphatic carbocycles. The van der Waals surface area contributed by atoms with E-state index in [4.69, 9.17) is 4.99 Å². The molecule has 0 radical (unpaired) electrons. The summed E-state index contributed by atoms with van der Waals surface area (Å²) in [5.74, 6) is 0.912. The van der Waals surface area contributed by atoms with Gasteiger partial charge in [0.2, 0.25) is 0 Å². The molecule has 0 saturated carbocycles. The van der Waals surface area contributed by atoms with Crippen molar-refractivity contribution in [1.29, 1.82) is 0 Å². The molecule has 0 amide bonds. The normalized spacial score (nSPS) is 14.4. The molecule has 1 aliphatic heterocycles. The Balaban J connectivity index is 0.00000264. The zero-order valence-electron chi connectivity index (χ0n) is 14.9. The van der Waals surface area contributed by atoms with E-state index in [0.29, 0.717) is 0 Å². The van der Waals surface area contributed by atoms with Gasteiger partial charge in [0.25, 0.3) is 0 Å². The highest BCUT2D eigenvalue weighted by Gasteiger charge is 2.29. The lowest BCUT2D eigenvalue weighted by atomic mass is 9.94. The van der Waals surface area contributed by atoms with E-state index >= 15 is 0 Å². The predicted molar refractivity (Wildman–Crippen MR) is 110 cm³/mol. The Morgan fingerprint density at radius 3 is 2.35 bits per heavy atom.